The summed E-state index contributed by atoms with van der Waals surface area (Å²) in [5, 5.41) is 19.1. The first-order chi connectivity index (χ1) is 16.1. The molecule has 2 atom stereocenters. The van der Waals surface area contributed by atoms with Gasteiger partial charge in [0, 0.05) is 21.4 Å². The van der Waals surface area contributed by atoms with Crippen LogP contribution in [0.1, 0.15) is 24.9 Å². The molecule has 176 valence electrons. The number of hydrogen-bond acceptors (Lipinski definition) is 11. The fourth-order valence-corrected chi connectivity index (χ4v) is 6.86. The van der Waals surface area contributed by atoms with Gasteiger partial charge in [0.2, 0.25) is 0 Å². The summed E-state index contributed by atoms with van der Waals surface area (Å²) >= 11 is 6.40. The first kappa shape index (κ1) is 22.5. The van der Waals surface area contributed by atoms with Crippen LogP contribution in [0.2, 0.25) is 0 Å². The van der Waals surface area contributed by atoms with E-state index in [-0.39, 0.29) is 45.7 Å². The number of carbonyl (C=O) groups is 4. The number of nitrogens with zero attached hydrogens (tertiary/aromatic N) is 7. The molecule has 0 radical (unpaired) electrons. The van der Waals surface area contributed by atoms with Gasteiger partial charge in [-0.1, -0.05) is 6.92 Å². The van der Waals surface area contributed by atoms with E-state index in [2.05, 4.69) is 28.1 Å². The van der Waals surface area contributed by atoms with E-state index in [0.29, 0.717) is 0 Å². The number of aromatic nitrogens is 5. The smallest absolute Gasteiger partial charge is 0.353 e. The molecule has 1 fully saturated rings. The van der Waals surface area contributed by atoms with E-state index in [1.54, 1.807) is 19.4 Å². The van der Waals surface area contributed by atoms with Crippen LogP contribution in [0.15, 0.2) is 17.2 Å². The van der Waals surface area contributed by atoms with Gasteiger partial charge < -0.3 is 10.8 Å². The van der Waals surface area contributed by atoms with E-state index in [1.807, 2.05) is 0 Å². The average molecular weight is 522 g/mol. The van der Waals surface area contributed by atoms with Crippen LogP contribution in [0, 0.1) is 0 Å². The van der Waals surface area contributed by atoms with Crippen molar-refractivity contribution in [2.45, 2.75) is 24.3 Å². The van der Waals surface area contributed by atoms with Gasteiger partial charge in [0.1, 0.15) is 11.1 Å². The number of carboxylic acids is 1. The number of carboxylic acid groups (broad SMARTS) is 1. The number of aliphatic carboxylic acids is 1. The number of imide groups is 1. The van der Waals surface area contributed by atoms with Gasteiger partial charge in [-0.2, -0.15) is 0 Å². The topological polar surface area (TPSA) is 168 Å². The fourth-order valence-electron chi connectivity index (χ4n) is 4.50. The summed E-state index contributed by atoms with van der Waals surface area (Å²) in [6.45, 7) is 1.68. The number of carbonyl (C=O) groups excluding carboxylic acids is 3. The van der Waals surface area contributed by atoms with Gasteiger partial charge in [0.15, 0.2) is 10.7 Å². The summed E-state index contributed by atoms with van der Waals surface area (Å²) in [5.41, 5.74) is 4.45. The number of aryl methyl sites for hydroxylation is 1. The number of anilines is 1. The highest BCUT2D eigenvalue weighted by molar-refractivity contribution is 8.00. The van der Waals surface area contributed by atoms with E-state index in [9.17, 15) is 24.3 Å². The van der Waals surface area contributed by atoms with Gasteiger partial charge in [-0.25, -0.2) is 9.78 Å². The van der Waals surface area contributed by atoms with Crippen LogP contribution in [0.3, 0.4) is 0 Å². The molecule has 1 unspecified atom stereocenters. The number of tetrazole rings is 1. The van der Waals surface area contributed by atoms with Crippen LogP contribution in [0.4, 0.5) is 5.13 Å². The largest absolute Gasteiger partial charge is 0.477 e. The van der Waals surface area contributed by atoms with Crippen molar-refractivity contribution < 1.29 is 29.0 Å². The molecule has 0 saturated carbocycles. The average Bonchev–Trinajstić information content (AvgIpc) is 3.45. The summed E-state index contributed by atoms with van der Waals surface area (Å²) in [7, 11) is 1.58. The maximum Gasteiger partial charge on any atom is 0.353 e. The van der Waals surface area contributed by atoms with Crippen molar-refractivity contribution in [3.63, 3.8) is 0 Å². The van der Waals surface area contributed by atoms with Crippen molar-refractivity contribution in [2.75, 3.05) is 11.5 Å². The molecule has 1 saturated heterocycles. The van der Waals surface area contributed by atoms with Gasteiger partial charge >= 0.3 is 11.8 Å². The standard InChI is InChI=1S/C18H16N8O5S3/c1-3-18(25-10(27)4-7(13(25)28)9-6-34-17(19)20-9)15(31)24-11(14(29)30)8(5-33-16(18)24)12-21-26(32)22-23(12)2/h4,6,16H,3,5H2,1-2H3,(H3-,19,20,22,29,30,32)/p+1/t16-,18?/m0/s1. The van der Waals surface area contributed by atoms with Crippen molar-refractivity contribution in [1.29, 1.82) is 0 Å². The number of nitrogen functional groups attached to an aromatic ring is 1. The quantitative estimate of drug-likeness (QED) is 0.195. The summed E-state index contributed by atoms with van der Waals surface area (Å²) in [6.07, 6.45) is 1.25. The fraction of sp³-hybridized carbons (Fsp3) is 0.333. The number of rotatable bonds is 5. The lowest BCUT2D eigenvalue weighted by Crippen LogP contribution is -2.80. The zero-order valence-electron chi connectivity index (χ0n) is 17.7. The van der Waals surface area contributed by atoms with E-state index in [1.165, 1.54) is 16.4 Å². The second-order valence-electron chi connectivity index (χ2n) is 7.66. The highest BCUT2D eigenvalue weighted by atomic mass is 32.2. The molecule has 34 heavy (non-hydrogen) atoms. The molecule has 3 aliphatic rings. The van der Waals surface area contributed by atoms with Crippen LogP contribution in [-0.4, -0.2) is 74.8 Å². The monoisotopic (exact) mass is 521 g/mol. The molecular weight excluding hydrogens is 504 g/mol. The maximum atomic E-state index is 13.6. The number of amides is 3. The first-order valence-electron chi connectivity index (χ1n) is 9.88. The van der Waals surface area contributed by atoms with Crippen molar-refractivity contribution >= 4 is 75.9 Å². The molecule has 0 bridgehead atoms. The van der Waals surface area contributed by atoms with E-state index in [0.717, 1.165) is 31.4 Å². The molecule has 2 aromatic rings. The molecule has 0 aromatic carbocycles. The Morgan fingerprint density at radius 1 is 1.41 bits per heavy atom. The van der Waals surface area contributed by atoms with Crippen LogP contribution in [0.5, 0.6) is 0 Å². The molecule has 0 spiro atoms. The Balaban J connectivity index is 1.55. The Hall–Kier alpha value is -3.24. The Morgan fingerprint density at radius 2 is 2.15 bits per heavy atom. The van der Waals surface area contributed by atoms with Crippen molar-refractivity contribution in [3.05, 3.63) is 28.7 Å². The molecule has 5 heterocycles. The van der Waals surface area contributed by atoms with Gasteiger partial charge in [-0.05, 0) is 6.42 Å². The predicted molar refractivity (Wildman–Crippen MR) is 123 cm³/mol. The zero-order valence-corrected chi connectivity index (χ0v) is 20.2. The summed E-state index contributed by atoms with van der Waals surface area (Å²) < 4.78 is 2.35. The van der Waals surface area contributed by atoms with Crippen molar-refractivity contribution in [2.24, 2.45) is 7.05 Å². The third kappa shape index (κ3) is 2.88. The van der Waals surface area contributed by atoms with Crippen LogP contribution < -0.4 is 10.4 Å². The van der Waals surface area contributed by atoms with Gasteiger partial charge in [-0.15, -0.1) is 27.8 Å². The maximum absolute atomic E-state index is 13.6. The lowest BCUT2D eigenvalue weighted by Gasteiger charge is -2.59. The highest BCUT2D eigenvalue weighted by Crippen LogP contribution is 2.53. The number of β-lactam (4-membered cyclic amide) rings is 1. The molecule has 3 N–H and O–H groups in total. The lowest BCUT2D eigenvalue weighted by atomic mass is 9.81. The van der Waals surface area contributed by atoms with Crippen molar-refractivity contribution in [1.82, 2.24) is 29.3 Å². The minimum Gasteiger partial charge on any atom is -0.477 e. The predicted octanol–water partition coefficient (Wildman–Crippen LogP) is -0.854. The van der Waals surface area contributed by atoms with Gasteiger partial charge in [0.25, 0.3) is 17.7 Å². The van der Waals surface area contributed by atoms with E-state index < -0.39 is 34.6 Å². The Kier molecular flexibility index (Phi) is 5.07. The molecule has 3 amide bonds. The molecule has 5 rings (SSSR count). The SMILES string of the molecule is CCC1(N2C(=O)C=C(c3csc(N)n3)C2=O)C(=O)N2C(C(=O)O)=C(c3nn(S)n[n+]3C)CS[C@H]21. The summed E-state index contributed by atoms with van der Waals surface area (Å²) in [4.78, 5) is 58.3. The second kappa shape index (κ2) is 7.64. The zero-order chi connectivity index (χ0) is 24.5. The minimum absolute atomic E-state index is 0.0462. The molecule has 13 nitrogen and oxygen atoms in total. The van der Waals surface area contributed by atoms with Gasteiger partial charge in [-0.3, -0.25) is 24.2 Å². The molecule has 0 aliphatic carbocycles. The molecule has 16 heteroatoms. The highest BCUT2D eigenvalue weighted by Gasteiger charge is 2.70. The Bertz CT molecular complexity index is 1360. The normalized spacial score (nSPS) is 24.5. The molecule has 3 aliphatic heterocycles. The Labute approximate surface area is 205 Å². The number of thiol groups is 1. The number of thiazole rings is 1. The summed E-state index contributed by atoms with van der Waals surface area (Å²) in [5.74, 6) is -2.91. The minimum atomic E-state index is -1.53. The number of hydrogen-bond donors (Lipinski definition) is 3. The third-order valence-corrected chi connectivity index (χ3v) is 8.19. The number of thioether (sulfide) groups is 1. The van der Waals surface area contributed by atoms with E-state index >= 15 is 0 Å². The first-order valence-corrected chi connectivity index (χ1v) is 12.2. The Morgan fingerprint density at radius 3 is 2.71 bits per heavy atom. The summed E-state index contributed by atoms with van der Waals surface area (Å²) in [6, 6.07) is 0. The van der Waals surface area contributed by atoms with Crippen LogP contribution in [0.25, 0.3) is 11.1 Å². The number of nitrogens with two attached hydrogens (primary N) is 1. The molecule has 2 aromatic heterocycles. The number of fused-ring (bicyclic) bond motifs is 1. The van der Waals surface area contributed by atoms with E-state index in [4.69, 9.17) is 5.73 Å². The van der Waals surface area contributed by atoms with Crippen molar-refractivity contribution in [3.8, 4) is 0 Å². The third-order valence-electron chi connectivity index (χ3n) is 5.98. The second-order valence-corrected chi connectivity index (χ2v) is 9.98. The molecular formula is C18H17N8O5S3+. The van der Waals surface area contributed by atoms with Gasteiger partial charge in [0.05, 0.1) is 47.0 Å². The van der Waals surface area contributed by atoms with Crippen LogP contribution >= 0.6 is 35.9 Å². The van der Waals surface area contributed by atoms with Crippen LogP contribution in [-0.2, 0) is 26.2 Å². The lowest BCUT2D eigenvalue weighted by molar-refractivity contribution is -0.734.